The molecule has 0 atom stereocenters. The van der Waals surface area contributed by atoms with Crippen molar-refractivity contribution >= 4 is 16.9 Å². The normalized spacial score (nSPS) is 13.9. The second-order valence-electron chi connectivity index (χ2n) is 10.6. The van der Waals surface area contributed by atoms with Crippen molar-refractivity contribution in [1.29, 1.82) is 0 Å². The lowest BCUT2D eigenvalue weighted by Gasteiger charge is -2.25. The number of carbonyl (C=O) groups excluding carboxylic acids is 1. The van der Waals surface area contributed by atoms with Gasteiger partial charge in [-0.25, -0.2) is 9.13 Å². The topological polar surface area (TPSA) is 110 Å². The molecule has 1 saturated heterocycles. The summed E-state index contributed by atoms with van der Waals surface area (Å²) in [4.78, 5) is 19.5. The average Bonchev–Trinajstić information content (AvgIpc) is 3.29. The Labute approximate surface area is 241 Å². The maximum Gasteiger partial charge on any atom is 0.271 e. The van der Waals surface area contributed by atoms with Gasteiger partial charge in [-0.3, -0.25) is 9.78 Å². The second kappa shape index (κ2) is 13.1. The molecule has 2 aromatic heterocycles. The highest BCUT2D eigenvalue weighted by atomic mass is 16.5. The first-order valence-electron chi connectivity index (χ1n) is 14.4. The van der Waals surface area contributed by atoms with Crippen LogP contribution in [-0.4, -0.2) is 40.2 Å². The molecule has 1 fully saturated rings. The Hall–Kier alpha value is -3.95. The molecule has 1 aliphatic rings. The number of hydrogen-bond donors (Lipinski definition) is 1. The Morgan fingerprint density at radius 2 is 1.93 bits per heavy atom. The van der Waals surface area contributed by atoms with Gasteiger partial charge in [0.25, 0.3) is 11.7 Å². The molecule has 0 radical (unpaired) electrons. The van der Waals surface area contributed by atoms with Gasteiger partial charge in [0, 0.05) is 37.4 Å². The van der Waals surface area contributed by atoms with Crippen molar-refractivity contribution in [3.63, 3.8) is 0 Å². The van der Waals surface area contributed by atoms with Crippen LogP contribution >= 0.6 is 0 Å². The van der Waals surface area contributed by atoms with E-state index in [-0.39, 0.29) is 24.8 Å². The molecule has 9 nitrogen and oxygen atoms in total. The smallest absolute Gasteiger partial charge is 0.271 e. The van der Waals surface area contributed by atoms with Crippen LogP contribution in [0.15, 0.2) is 60.7 Å². The largest absolute Gasteiger partial charge is 0.871 e. The highest BCUT2D eigenvalue weighted by Crippen LogP contribution is 2.24. The number of imidazole rings is 1. The van der Waals surface area contributed by atoms with Crippen LogP contribution in [0.4, 0.5) is 0 Å². The number of amides is 1. The van der Waals surface area contributed by atoms with Crippen LogP contribution in [0.2, 0.25) is 0 Å². The molecule has 2 aromatic carbocycles. The average molecular weight is 558 g/mol. The molecule has 3 heterocycles. The van der Waals surface area contributed by atoms with Crippen LogP contribution in [0.1, 0.15) is 42.5 Å². The summed E-state index contributed by atoms with van der Waals surface area (Å²) >= 11 is 0. The van der Waals surface area contributed by atoms with E-state index in [0.29, 0.717) is 30.5 Å². The molecular formula is C32H39N5O4. The van der Waals surface area contributed by atoms with Gasteiger partial charge in [0.15, 0.2) is 17.6 Å². The lowest BCUT2D eigenvalue weighted by molar-refractivity contribution is -0.687. The van der Waals surface area contributed by atoms with Gasteiger partial charge in [0.05, 0.1) is 31.9 Å². The Balaban J connectivity index is 1.36. The molecule has 0 spiro atoms. The van der Waals surface area contributed by atoms with Crippen molar-refractivity contribution in [3.8, 4) is 11.5 Å². The predicted molar refractivity (Wildman–Crippen MR) is 154 cm³/mol. The number of nitrogens with two attached hydrogens (primary N) is 1. The van der Waals surface area contributed by atoms with E-state index in [2.05, 4.69) is 27.1 Å². The highest BCUT2D eigenvalue weighted by Gasteiger charge is 2.27. The fourth-order valence-electron chi connectivity index (χ4n) is 5.59. The fraction of sp³-hybridized carbons (Fsp3) is 0.406. The molecule has 4 aromatic rings. The number of rotatable bonds is 11. The zero-order valence-electron chi connectivity index (χ0n) is 23.9. The fourth-order valence-corrected chi connectivity index (χ4v) is 5.59. The first kappa shape index (κ1) is 28.6. The van der Waals surface area contributed by atoms with E-state index in [0.717, 1.165) is 67.3 Å². The lowest BCUT2D eigenvalue weighted by Crippen LogP contribution is -2.43. The third-order valence-corrected chi connectivity index (χ3v) is 7.78. The summed E-state index contributed by atoms with van der Waals surface area (Å²) in [6.45, 7) is 7.97. The Morgan fingerprint density at radius 3 is 2.66 bits per heavy atom. The molecule has 0 bridgehead atoms. The number of carbonyl (C=O) groups is 1. The molecule has 9 heteroatoms. The summed E-state index contributed by atoms with van der Waals surface area (Å²) in [5.41, 5.74) is 10.4. The van der Waals surface area contributed by atoms with Crippen molar-refractivity contribution in [2.24, 2.45) is 11.7 Å². The number of aryl methyl sites for hydroxylation is 2. The van der Waals surface area contributed by atoms with Crippen molar-refractivity contribution in [2.75, 3.05) is 19.8 Å². The van der Waals surface area contributed by atoms with E-state index in [9.17, 15) is 9.90 Å². The summed E-state index contributed by atoms with van der Waals surface area (Å²) < 4.78 is 16.2. The van der Waals surface area contributed by atoms with Crippen molar-refractivity contribution < 1.29 is 23.9 Å². The minimum Gasteiger partial charge on any atom is -0.871 e. The molecule has 0 saturated carbocycles. The third kappa shape index (κ3) is 6.69. The number of hydrogen-bond acceptors (Lipinski definition) is 6. The van der Waals surface area contributed by atoms with Crippen LogP contribution in [-0.2, 0) is 42.3 Å². The van der Waals surface area contributed by atoms with Crippen molar-refractivity contribution in [2.45, 2.75) is 59.4 Å². The lowest BCUT2D eigenvalue weighted by atomic mass is 10.0. The maximum absolute atomic E-state index is 13.5. The van der Waals surface area contributed by atoms with Gasteiger partial charge in [0.1, 0.15) is 5.75 Å². The van der Waals surface area contributed by atoms with Gasteiger partial charge in [-0.05, 0) is 50.5 Å². The Kier molecular flexibility index (Phi) is 9.16. The number of benzene rings is 2. The quantitative estimate of drug-likeness (QED) is 0.284. The second-order valence-corrected chi connectivity index (χ2v) is 10.6. The van der Waals surface area contributed by atoms with Crippen LogP contribution in [0.3, 0.4) is 0 Å². The van der Waals surface area contributed by atoms with E-state index in [1.807, 2.05) is 49.4 Å². The van der Waals surface area contributed by atoms with Gasteiger partial charge in [-0.2, -0.15) is 0 Å². The summed E-state index contributed by atoms with van der Waals surface area (Å²) in [6, 6.07) is 18.9. The van der Waals surface area contributed by atoms with E-state index >= 15 is 0 Å². The summed E-state index contributed by atoms with van der Waals surface area (Å²) in [5, 5.41) is 12.5. The molecule has 1 amide bonds. The van der Waals surface area contributed by atoms with Crippen molar-refractivity contribution in [3.05, 3.63) is 83.4 Å². The molecule has 0 aliphatic carbocycles. The predicted octanol–water partition coefficient (Wildman–Crippen LogP) is 3.22. The van der Waals surface area contributed by atoms with Crippen LogP contribution in [0, 0.1) is 12.8 Å². The number of ether oxygens (including phenoxy) is 2. The van der Waals surface area contributed by atoms with Crippen LogP contribution < -0.4 is 20.1 Å². The van der Waals surface area contributed by atoms with E-state index in [1.165, 1.54) is 6.07 Å². The van der Waals surface area contributed by atoms with Crippen molar-refractivity contribution in [1.82, 2.24) is 14.5 Å². The number of fused-ring (bicyclic) bond motifs is 1. The Bertz CT molecular complexity index is 1480. The number of aromatic nitrogens is 3. The van der Waals surface area contributed by atoms with E-state index in [1.54, 1.807) is 11.0 Å². The SMILES string of the molecule is CCn1c(CN)[n+](CC2CCOCC2)c2ccc(OCC(=O)N(Cc3ccccc3)Cc3nc(C)ccc3[O-])cc21. The number of pyridine rings is 1. The highest BCUT2D eigenvalue weighted by molar-refractivity contribution is 5.78. The summed E-state index contributed by atoms with van der Waals surface area (Å²) in [6.07, 6.45) is 2.09. The zero-order chi connectivity index (χ0) is 28.8. The van der Waals surface area contributed by atoms with Crippen LogP contribution in [0.5, 0.6) is 11.5 Å². The Morgan fingerprint density at radius 1 is 1.15 bits per heavy atom. The van der Waals surface area contributed by atoms with Gasteiger partial charge in [-0.15, -0.1) is 0 Å². The maximum atomic E-state index is 13.5. The van der Waals surface area contributed by atoms with E-state index in [4.69, 9.17) is 15.2 Å². The zero-order valence-corrected chi connectivity index (χ0v) is 23.9. The van der Waals surface area contributed by atoms with Gasteiger partial charge in [0.2, 0.25) is 0 Å². The van der Waals surface area contributed by atoms with E-state index < -0.39 is 0 Å². The third-order valence-electron chi connectivity index (χ3n) is 7.78. The molecule has 216 valence electrons. The van der Waals surface area contributed by atoms with Gasteiger partial charge < -0.3 is 25.2 Å². The standard InChI is InChI=1S/C32H39N5O4/c1-3-36-29-17-26(10-11-28(29)37(31(36)18-33)20-25-13-15-40-16-14-25)41-22-32(39)35(19-24-7-5-4-6-8-24)21-27-30(38)12-9-23(2)34-27/h4-12,17,25H,3,13-16,18-22,33H2,1-2H3. The summed E-state index contributed by atoms with van der Waals surface area (Å²) in [5.74, 6) is 1.84. The van der Waals surface area contributed by atoms with Crippen LogP contribution in [0.25, 0.3) is 11.0 Å². The van der Waals surface area contributed by atoms with Gasteiger partial charge in [-0.1, -0.05) is 42.1 Å². The molecule has 2 N–H and O–H groups in total. The molecule has 41 heavy (non-hydrogen) atoms. The minimum atomic E-state index is -0.222. The monoisotopic (exact) mass is 557 g/mol. The minimum absolute atomic E-state index is 0.112. The first-order valence-corrected chi connectivity index (χ1v) is 14.4. The molecule has 1 aliphatic heterocycles. The number of nitrogens with zero attached hydrogens (tertiary/aromatic N) is 4. The molecule has 5 rings (SSSR count). The van der Waals surface area contributed by atoms with Gasteiger partial charge >= 0.3 is 0 Å². The molecular weight excluding hydrogens is 518 g/mol. The molecule has 0 unspecified atom stereocenters. The summed E-state index contributed by atoms with van der Waals surface area (Å²) in [7, 11) is 0. The first-order chi connectivity index (χ1) is 20.0.